The van der Waals surface area contributed by atoms with Crippen LogP contribution in [0.5, 0.6) is 0 Å². The molecule has 1 fully saturated rings. The van der Waals surface area contributed by atoms with Gasteiger partial charge in [0, 0.05) is 6.04 Å². The number of hydrogen-bond acceptors (Lipinski definition) is 4. The summed E-state index contributed by atoms with van der Waals surface area (Å²) < 4.78 is 0.540. The van der Waals surface area contributed by atoms with Crippen LogP contribution in [0, 0.1) is 5.41 Å². The smallest absolute Gasteiger partial charge is 0.207 e. The minimum absolute atomic E-state index is 0.531. The van der Waals surface area contributed by atoms with Gasteiger partial charge in [-0.25, -0.2) is 0 Å². The van der Waals surface area contributed by atoms with Crippen molar-refractivity contribution < 1.29 is 0 Å². The van der Waals surface area contributed by atoms with Crippen molar-refractivity contribution in [1.29, 1.82) is 0 Å². The first-order valence-corrected chi connectivity index (χ1v) is 7.34. The molecule has 0 aliphatic heterocycles. The number of rotatable bonds is 3. The first-order chi connectivity index (χ1) is 7.96. The molecule has 17 heavy (non-hydrogen) atoms. The first-order valence-electron chi connectivity index (χ1n) is 6.14. The Hall–Kier alpha value is -0.190. The van der Waals surface area contributed by atoms with Crippen molar-refractivity contribution in [3.8, 4) is 0 Å². The molecule has 1 heterocycles. The van der Waals surface area contributed by atoms with Gasteiger partial charge < -0.3 is 0 Å². The maximum Gasteiger partial charge on any atom is 0.207 e. The maximum atomic E-state index is 5.79. The molecule has 0 amide bonds. The lowest BCUT2D eigenvalue weighted by Crippen LogP contribution is -2.36. The molecule has 0 bridgehead atoms. The minimum Gasteiger partial charge on any atom is -0.297 e. The van der Waals surface area contributed by atoms with Gasteiger partial charge in [-0.1, -0.05) is 25.2 Å². The molecule has 5 heteroatoms. The maximum absolute atomic E-state index is 5.79. The molecule has 1 aliphatic rings. The van der Waals surface area contributed by atoms with E-state index in [1.165, 1.54) is 37.0 Å². The summed E-state index contributed by atoms with van der Waals surface area (Å²) in [6, 6.07) is 0.686. The normalized spacial score (nSPS) is 21.0. The molecule has 3 nitrogen and oxygen atoms in total. The lowest BCUT2D eigenvalue weighted by Gasteiger charge is -2.38. The third-order valence-corrected chi connectivity index (χ3v) is 4.76. The van der Waals surface area contributed by atoms with E-state index in [1.807, 2.05) is 0 Å². The van der Waals surface area contributed by atoms with E-state index < -0.39 is 0 Å². The van der Waals surface area contributed by atoms with Crippen LogP contribution in [0.1, 0.15) is 44.5 Å². The second kappa shape index (κ2) is 5.21. The molecule has 2 rings (SSSR count). The standard InChI is InChI=1S/C12H20ClN3S/c1-12(2)6-4-9(5-7-12)16(3)8-10-14-15-11(13)17-10/h9H,4-8H2,1-3H3. The molecular formula is C12H20ClN3S. The summed E-state index contributed by atoms with van der Waals surface area (Å²) in [4.78, 5) is 2.39. The fourth-order valence-electron chi connectivity index (χ4n) is 2.46. The van der Waals surface area contributed by atoms with Crippen LogP contribution in [0.3, 0.4) is 0 Å². The van der Waals surface area contributed by atoms with Crippen LogP contribution < -0.4 is 0 Å². The zero-order chi connectivity index (χ0) is 12.5. The van der Waals surface area contributed by atoms with Gasteiger partial charge in [-0.15, -0.1) is 10.2 Å². The van der Waals surface area contributed by atoms with Gasteiger partial charge in [-0.3, -0.25) is 4.90 Å². The van der Waals surface area contributed by atoms with E-state index in [1.54, 1.807) is 0 Å². The van der Waals surface area contributed by atoms with Gasteiger partial charge in [0.25, 0.3) is 0 Å². The Kier molecular flexibility index (Phi) is 4.06. The summed E-state index contributed by atoms with van der Waals surface area (Å²) in [5.41, 5.74) is 0.531. The molecule has 1 aliphatic carbocycles. The summed E-state index contributed by atoms with van der Waals surface area (Å²) in [5.74, 6) is 0. The molecule has 0 saturated heterocycles. The highest BCUT2D eigenvalue weighted by Crippen LogP contribution is 2.36. The monoisotopic (exact) mass is 273 g/mol. The Labute approximate surface area is 112 Å². The highest BCUT2D eigenvalue weighted by molar-refractivity contribution is 7.15. The molecule has 0 atom stereocenters. The number of halogens is 1. The van der Waals surface area contributed by atoms with Crippen LogP contribution in [-0.4, -0.2) is 28.2 Å². The zero-order valence-electron chi connectivity index (χ0n) is 10.7. The molecule has 0 radical (unpaired) electrons. The summed E-state index contributed by atoms with van der Waals surface area (Å²) in [6.07, 6.45) is 5.21. The van der Waals surface area contributed by atoms with Crippen molar-refractivity contribution in [2.75, 3.05) is 7.05 Å². The summed E-state index contributed by atoms with van der Waals surface area (Å²) >= 11 is 7.27. The van der Waals surface area contributed by atoms with Crippen molar-refractivity contribution >= 4 is 22.9 Å². The quantitative estimate of drug-likeness (QED) is 0.843. The van der Waals surface area contributed by atoms with Gasteiger partial charge in [0.2, 0.25) is 4.47 Å². The third-order valence-electron chi connectivity index (χ3n) is 3.76. The van der Waals surface area contributed by atoms with E-state index in [-0.39, 0.29) is 0 Å². The Bertz CT molecular complexity index is 368. The van der Waals surface area contributed by atoms with Crippen LogP contribution in [-0.2, 0) is 6.54 Å². The van der Waals surface area contributed by atoms with E-state index in [0.29, 0.717) is 15.9 Å². The fourth-order valence-corrected chi connectivity index (χ4v) is 3.40. The molecule has 0 aromatic carbocycles. The summed E-state index contributed by atoms with van der Waals surface area (Å²) in [7, 11) is 2.18. The molecule has 0 unspecified atom stereocenters. The van der Waals surface area contributed by atoms with Crippen molar-refractivity contribution in [1.82, 2.24) is 15.1 Å². The molecule has 1 aromatic rings. The SMILES string of the molecule is CN(Cc1nnc(Cl)s1)C1CCC(C)(C)CC1. The van der Waals surface area contributed by atoms with Crippen LogP contribution >= 0.6 is 22.9 Å². The van der Waals surface area contributed by atoms with Crippen LogP contribution in [0.2, 0.25) is 4.47 Å². The molecule has 96 valence electrons. The van der Waals surface area contributed by atoms with Gasteiger partial charge >= 0.3 is 0 Å². The second-order valence-electron chi connectivity index (χ2n) is 5.76. The van der Waals surface area contributed by atoms with Crippen LogP contribution in [0.15, 0.2) is 0 Å². The molecule has 0 N–H and O–H groups in total. The van der Waals surface area contributed by atoms with E-state index in [0.717, 1.165) is 11.6 Å². The third kappa shape index (κ3) is 3.63. The minimum atomic E-state index is 0.531. The predicted molar refractivity (Wildman–Crippen MR) is 72.4 cm³/mol. The predicted octanol–water partition coefficient (Wildman–Crippen LogP) is 3.59. The number of hydrogen-bond donors (Lipinski definition) is 0. The average Bonchev–Trinajstić information content (AvgIpc) is 2.63. The van der Waals surface area contributed by atoms with Crippen molar-refractivity contribution in [2.45, 2.75) is 52.1 Å². The Morgan fingerprint density at radius 3 is 2.53 bits per heavy atom. The average molecular weight is 274 g/mol. The van der Waals surface area contributed by atoms with Gasteiger partial charge in [-0.2, -0.15) is 0 Å². The zero-order valence-corrected chi connectivity index (χ0v) is 12.3. The second-order valence-corrected chi connectivity index (χ2v) is 7.40. The van der Waals surface area contributed by atoms with Gasteiger partial charge in [0.1, 0.15) is 5.01 Å². The van der Waals surface area contributed by atoms with E-state index in [9.17, 15) is 0 Å². The summed E-state index contributed by atoms with van der Waals surface area (Å²) in [6.45, 7) is 5.61. The van der Waals surface area contributed by atoms with Crippen LogP contribution in [0.25, 0.3) is 0 Å². The van der Waals surface area contributed by atoms with Gasteiger partial charge in [-0.05, 0) is 49.7 Å². The van der Waals surface area contributed by atoms with Gasteiger partial charge in [0.15, 0.2) is 0 Å². The largest absolute Gasteiger partial charge is 0.297 e. The Morgan fingerprint density at radius 1 is 1.35 bits per heavy atom. The van der Waals surface area contributed by atoms with E-state index in [4.69, 9.17) is 11.6 Å². The molecular weight excluding hydrogens is 254 g/mol. The Balaban J connectivity index is 1.87. The molecule has 1 saturated carbocycles. The Morgan fingerprint density at radius 2 is 2.00 bits per heavy atom. The first kappa shape index (κ1) is 13.2. The lowest BCUT2D eigenvalue weighted by atomic mass is 9.75. The topological polar surface area (TPSA) is 29.0 Å². The number of aromatic nitrogens is 2. The van der Waals surface area contributed by atoms with Gasteiger partial charge in [0.05, 0.1) is 6.54 Å². The van der Waals surface area contributed by atoms with Crippen molar-refractivity contribution in [2.24, 2.45) is 5.41 Å². The summed E-state index contributed by atoms with van der Waals surface area (Å²) in [5, 5.41) is 8.94. The highest BCUT2D eigenvalue weighted by Gasteiger charge is 2.28. The van der Waals surface area contributed by atoms with Crippen LogP contribution in [0.4, 0.5) is 0 Å². The highest BCUT2D eigenvalue weighted by atomic mass is 35.5. The molecule has 1 aromatic heterocycles. The van der Waals surface area contributed by atoms with Crippen molar-refractivity contribution in [3.63, 3.8) is 0 Å². The van der Waals surface area contributed by atoms with Crippen molar-refractivity contribution in [3.05, 3.63) is 9.47 Å². The molecule has 0 spiro atoms. The van der Waals surface area contributed by atoms with E-state index >= 15 is 0 Å². The fraction of sp³-hybridized carbons (Fsp3) is 0.833. The van der Waals surface area contributed by atoms with E-state index in [2.05, 4.69) is 36.0 Å². The lowest BCUT2D eigenvalue weighted by molar-refractivity contribution is 0.123. The number of nitrogens with zero attached hydrogens (tertiary/aromatic N) is 3.